The normalized spacial score (nSPS) is 15.8. The summed E-state index contributed by atoms with van der Waals surface area (Å²) in [5, 5.41) is 2.79. The van der Waals surface area contributed by atoms with Gasteiger partial charge in [-0.05, 0) is 68.0 Å². The highest BCUT2D eigenvalue weighted by Gasteiger charge is 2.36. The van der Waals surface area contributed by atoms with E-state index in [2.05, 4.69) is 23.6 Å². The molecule has 2 amide bonds. The summed E-state index contributed by atoms with van der Waals surface area (Å²) in [7, 11) is 0. The monoisotopic (exact) mass is 500 g/mol. The summed E-state index contributed by atoms with van der Waals surface area (Å²) in [6, 6.07) is 16.8. The minimum absolute atomic E-state index is 0.0224. The second-order valence-electron chi connectivity index (χ2n) is 9.14. The Balaban J connectivity index is 1.65. The van der Waals surface area contributed by atoms with Crippen LogP contribution in [-0.2, 0) is 11.2 Å². The SMILES string of the molecule is CC(C)(C)N(CC(=O)N1CCc2sccc2[C@@H]1c1ccccc1)C(=O)c1ccc(Cl)c(Cl)c1. The predicted octanol–water partition coefficient (Wildman–Crippen LogP) is 6.47. The summed E-state index contributed by atoms with van der Waals surface area (Å²) < 4.78 is 0. The van der Waals surface area contributed by atoms with E-state index in [0.717, 1.165) is 12.0 Å². The fourth-order valence-corrected chi connectivity index (χ4v) is 5.41. The Hall–Kier alpha value is -2.34. The lowest BCUT2D eigenvalue weighted by molar-refractivity contribution is -0.135. The van der Waals surface area contributed by atoms with Crippen LogP contribution < -0.4 is 0 Å². The van der Waals surface area contributed by atoms with Crippen molar-refractivity contribution < 1.29 is 9.59 Å². The molecular formula is C26H26Cl2N2O2S. The van der Waals surface area contributed by atoms with E-state index < -0.39 is 5.54 Å². The number of thiophene rings is 1. The Bertz CT molecular complexity index is 1170. The minimum Gasteiger partial charge on any atom is -0.330 e. The van der Waals surface area contributed by atoms with Gasteiger partial charge in [0.05, 0.1) is 16.1 Å². The van der Waals surface area contributed by atoms with Gasteiger partial charge >= 0.3 is 0 Å². The van der Waals surface area contributed by atoms with Crippen molar-refractivity contribution >= 4 is 46.4 Å². The third-order valence-corrected chi connectivity index (χ3v) is 7.65. The molecule has 2 aromatic carbocycles. The molecule has 172 valence electrons. The minimum atomic E-state index is -0.565. The van der Waals surface area contributed by atoms with Crippen LogP contribution in [0.5, 0.6) is 0 Å². The molecule has 1 aliphatic rings. The lowest BCUT2D eigenvalue weighted by atomic mass is 9.93. The largest absolute Gasteiger partial charge is 0.330 e. The maximum atomic E-state index is 13.7. The number of halogens is 2. The Morgan fingerprint density at radius 3 is 2.45 bits per heavy atom. The summed E-state index contributed by atoms with van der Waals surface area (Å²) in [4.78, 5) is 32.0. The summed E-state index contributed by atoms with van der Waals surface area (Å²) in [5.41, 5.74) is 2.09. The first-order valence-corrected chi connectivity index (χ1v) is 12.5. The third-order valence-electron chi connectivity index (χ3n) is 5.92. The molecule has 1 atom stereocenters. The quantitative estimate of drug-likeness (QED) is 0.411. The summed E-state index contributed by atoms with van der Waals surface area (Å²) in [5.74, 6) is -0.331. The van der Waals surface area contributed by atoms with Crippen LogP contribution in [0.3, 0.4) is 0 Å². The average molecular weight is 501 g/mol. The number of rotatable bonds is 4. The van der Waals surface area contributed by atoms with E-state index in [1.165, 1.54) is 10.4 Å². The molecule has 1 aliphatic heterocycles. The molecular weight excluding hydrogens is 475 g/mol. The summed E-state index contributed by atoms with van der Waals surface area (Å²) in [6.07, 6.45) is 0.818. The molecule has 0 N–H and O–H groups in total. The van der Waals surface area contributed by atoms with Crippen molar-refractivity contribution in [3.63, 3.8) is 0 Å². The maximum absolute atomic E-state index is 13.7. The molecule has 4 rings (SSSR count). The Morgan fingerprint density at radius 2 is 1.79 bits per heavy atom. The smallest absolute Gasteiger partial charge is 0.254 e. The highest BCUT2D eigenvalue weighted by atomic mass is 35.5. The van der Waals surface area contributed by atoms with E-state index in [1.807, 2.05) is 43.9 Å². The van der Waals surface area contributed by atoms with Gasteiger partial charge in [-0.1, -0.05) is 53.5 Å². The fraction of sp³-hybridized carbons (Fsp3) is 0.308. The first-order valence-electron chi connectivity index (χ1n) is 10.8. The van der Waals surface area contributed by atoms with E-state index in [0.29, 0.717) is 22.2 Å². The van der Waals surface area contributed by atoms with Gasteiger partial charge in [-0.2, -0.15) is 0 Å². The predicted molar refractivity (Wildman–Crippen MR) is 135 cm³/mol. The zero-order valence-corrected chi connectivity index (χ0v) is 21.2. The van der Waals surface area contributed by atoms with E-state index in [1.54, 1.807) is 34.4 Å². The molecule has 0 fully saturated rings. The van der Waals surface area contributed by atoms with Gasteiger partial charge < -0.3 is 9.80 Å². The van der Waals surface area contributed by atoms with Crippen LogP contribution in [0.15, 0.2) is 60.0 Å². The highest BCUT2D eigenvalue weighted by Crippen LogP contribution is 2.38. The number of hydrogen-bond acceptors (Lipinski definition) is 3. The Kier molecular flexibility index (Phi) is 6.85. The highest BCUT2D eigenvalue weighted by molar-refractivity contribution is 7.10. The first-order chi connectivity index (χ1) is 15.7. The third kappa shape index (κ3) is 4.96. The number of fused-ring (bicyclic) bond motifs is 1. The van der Waals surface area contributed by atoms with E-state index in [4.69, 9.17) is 23.2 Å². The van der Waals surface area contributed by atoms with Crippen LogP contribution in [0.2, 0.25) is 10.0 Å². The lowest BCUT2D eigenvalue weighted by Gasteiger charge is -2.40. The van der Waals surface area contributed by atoms with Crippen LogP contribution >= 0.6 is 34.5 Å². The van der Waals surface area contributed by atoms with Crippen molar-refractivity contribution in [2.45, 2.75) is 38.8 Å². The standard InChI is InChI=1S/C26H26Cl2N2O2S/c1-26(2,3)30(25(32)18-9-10-20(27)21(28)15-18)16-23(31)29-13-11-22-19(12-14-33-22)24(29)17-7-5-4-6-8-17/h4-10,12,14-15,24H,11,13,16H2,1-3H3/t24-/m0/s1. The Labute approximate surface area is 208 Å². The average Bonchev–Trinajstić information content (AvgIpc) is 3.26. The number of nitrogens with zero attached hydrogens (tertiary/aromatic N) is 2. The van der Waals surface area contributed by atoms with Crippen molar-refractivity contribution in [2.24, 2.45) is 0 Å². The van der Waals surface area contributed by atoms with Crippen LogP contribution in [0.4, 0.5) is 0 Å². The van der Waals surface area contributed by atoms with Gasteiger partial charge in [-0.25, -0.2) is 0 Å². The fourth-order valence-electron chi connectivity index (χ4n) is 4.20. The zero-order chi connectivity index (χ0) is 23.8. The molecule has 2 heterocycles. The second kappa shape index (κ2) is 9.49. The molecule has 0 bridgehead atoms. The van der Waals surface area contributed by atoms with Crippen LogP contribution in [-0.4, -0.2) is 40.2 Å². The molecule has 0 saturated heterocycles. The lowest BCUT2D eigenvalue weighted by Crippen LogP contribution is -2.52. The van der Waals surface area contributed by atoms with Gasteiger partial charge in [0.15, 0.2) is 0 Å². The van der Waals surface area contributed by atoms with Gasteiger partial charge in [-0.15, -0.1) is 11.3 Å². The molecule has 0 unspecified atom stereocenters. The van der Waals surface area contributed by atoms with Crippen molar-refractivity contribution in [3.05, 3.63) is 91.6 Å². The van der Waals surface area contributed by atoms with E-state index in [-0.39, 0.29) is 24.4 Å². The van der Waals surface area contributed by atoms with Crippen LogP contribution in [0, 0.1) is 0 Å². The van der Waals surface area contributed by atoms with E-state index in [9.17, 15) is 9.59 Å². The molecule has 1 aromatic heterocycles. The summed E-state index contributed by atoms with van der Waals surface area (Å²) in [6.45, 7) is 6.38. The van der Waals surface area contributed by atoms with Gasteiger partial charge in [0.25, 0.3) is 5.91 Å². The maximum Gasteiger partial charge on any atom is 0.254 e. The van der Waals surface area contributed by atoms with Gasteiger partial charge in [-0.3, -0.25) is 9.59 Å². The van der Waals surface area contributed by atoms with Crippen LogP contribution in [0.1, 0.15) is 53.2 Å². The van der Waals surface area contributed by atoms with E-state index >= 15 is 0 Å². The molecule has 33 heavy (non-hydrogen) atoms. The number of carbonyl (C=O) groups excluding carboxylic acids is 2. The van der Waals surface area contributed by atoms with Gasteiger partial charge in [0, 0.05) is 22.5 Å². The number of carbonyl (C=O) groups is 2. The van der Waals surface area contributed by atoms with Crippen LogP contribution in [0.25, 0.3) is 0 Å². The van der Waals surface area contributed by atoms with Crippen molar-refractivity contribution in [3.8, 4) is 0 Å². The molecule has 0 radical (unpaired) electrons. The van der Waals surface area contributed by atoms with Crippen molar-refractivity contribution in [2.75, 3.05) is 13.1 Å². The molecule has 7 heteroatoms. The van der Waals surface area contributed by atoms with Crippen molar-refractivity contribution in [1.29, 1.82) is 0 Å². The number of amides is 2. The number of benzene rings is 2. The van der Waals surface area contributed by atoms with Gasteiger partial charge in [0.1, 0.15) is 6.54 Å². The second-order valence-corrected chi connectivity index (χ2v) is 11.0. The van der Waals surface area contributed by atoms with Gasteiger partial charge in [0.2, 0.25) is 5.91 Å². The molecule has 0 spiro atoms. The zero-order valence-electron chi connectivity index (χ0n) is 18.8. The topological polar surface area (TPSA) is 40.6 Å². The summed E-state index contributed by atoms with van der Waals surface area (Å²) >= 11 is 13.9. The molecule has 3 aromatic rings. The molecule has 0 saturated carbocycles. The number of hydrogen-bond donors (Lipinski definition) is 0. The molecule has 0 aliphatic carbocycles. The first kappa shape index (κ1) is 23.8. The van der Waals surface area contributed by atoms with Crippen molar-refractivity contribution in [1.82, 2.24) is 9.80 Å². The Morgan fingerprint density at radius 1 is 1.06 bits per heavy atom. The molecule has 4 nitrogen and oxygen atoms in total.